The maximum atomic E-state index is 12.3. The third-order valence-corrected chi connectivity index (χ3v) is 5.54. The molecule has 2 aliphatic heterocycles. The summed E-state index contributed by atoms with van der Waals surface area (Å²) in [7, 11) is 0. The molecule has 6 heteroatoms. The summed E-state index contributed by atoms with van der Waals surface area (Å²) in [6, 6.07) is 7.65. The molecule has 1 unspecified atom stereocenters. The van der Waals surface area contributed by atoms with Gasteiger partial charge in [-0.15, -0.1) is 0 Å². The average molecular weight is 354 g/mol. The molecule has 1 atom stereocenters. The molecule has 0 aliphatic carbocycles. The first-order chi connectivity index (χ1) is 12.8. The fourth-order valence-corrected chi connectivity index (χ4v) is 4.05. The van der Waals surface area contributed by atoms with E-state index in [1.54, 1.807) is 29.2 Å². The first-order valence-corrected chi connectivity index (χ1v) is 9.60. The van der Waals surface area contributed by atoms with Gasteiger partial charge in [-0.2, -0.15) is 5.10 Å². The van der Waals surface area contributed by atoms with Crippen LogP contribution in [0.1, 0.15) is 25.7 Å². The van der Waals surface area contributed by atoms with Crippen molar-refractivity contribution in [2.45, 2.75) is 38.3 Å². The number of hydrogen-bond acceptors (Lipinski definition) is 5. The van der Waals surface area contributed by atoms with Crippen molar-refractivity contribution in [3.63, 3.8) is 0 Å². The van der Waals surface area contributed by atoms with Crippen LogP contribution in [0.5, 0.6) is 0 Å². The molecule has 2 aromatic heterocycles. The van der Waals surface area contributed by atoms with Gasteiger partial charge in [0.2, 0.25) is 0 Å². The zero-order valence-corrected chi connectivity index (χ0v) is 15.1. The summed E-state index contributed by atoms with van der Waals surface area (Å²) in [5, 5.41) is 4.60. The van der Waals surface area contributed by atoms with Crippen LogP contribution in [0.4, 0.5) is 0 Å². The van der Waals surface area contributed by atoms with Crippen LogP contribution >= 0.6 is 0 Å². The maximum absolute atomic E-state index is 12.3. The highest BCUT2D eigenvalue weighted by Crippen LogP contribution is 2.24. The molecule has 4 heterocycles. The van der Waals surface area contributed by atoms with Gasteiger partial charge in [-0.25, -0.2) is 4.68 Å². The number of pyridine rings is 1. The smallest absolute Gasteiger partial charge is 0.266 e. The molecule has 2 saturated heterocycles. The predicted octanol–water partition coefficient (Wildman–Crippen LogP) is 2.20. The van der Waals surface area contributed by atoms with E-state index < -0.39 is 0 Å². The van der Waals surface area contributed by atoms with Crippen LogP contribution in [-0.4, -0.2) is 52.0 Å². The molecule has 0 spiro atoms. The Morgan fingerprint density at radius 2 is 2.00 bits per heavy atom. The summed E-state index contributed by atoms with van der Waals surface area (Å²) in [6.45, 7) is 4.68. The zero-order chi connectivity index (χ0) is 17.8. The Kier molecular flexibility index (Phi) is 5.41. The van der Waals surface area contributed by atoms with Crippen LogP contribution in [0, 0.1) is 5.92 Å². The fourth-order valence-electron chi connectivity index (χ4n) is 4.05. The summed E-state index contributed by atoms with van der Waals surface area (Å²) < 4.78 is 7.11. The standard InChI is InChI=1S/C20H26N4O2/c25-20-6-5-19(17-3-1-9-21-13-17)22-24(20)15-18-4-2-10-23(18)14-16-7-11-26-12-8-16/h1,3,5-6,9,13,16,18H,2,4,7-8,10-12,14-15H2. The molecule has 26 heavy (non-hydrogen) atoms. The molecular weight excluding hydrogens is 328 g/mol. The lowest BCUT2D eigenvalue weighted by atomic mass is 9.99. The minimum atomic E-state index is -0.0319. The van der Waals surface area contributed by atoms with Gasteiger partial charge in [-0.1, -0.05) is 0 Å². The van der Waals surface area contributed by atoms with Crippen LogP contribution in [-0.2, 0) is 11.3 Å². The van der Waals surface area contributed by atoms with Gasteiger partial charge < -0.3 is 4.74 Å². The Bertz CT molecular complexity index is 771. The summed E-state index contributed by atoms with van der Waals surface area (Å²) in [6.07, 6.45) is 8.16. The second-order valence-electron chi connectivity index (χ2n) is 7.33. The van der Waals surface area contributed by atoms with Crippen molar-refractivity contribution >= 4 is 0 Å². The zero-order valence-electron chi connectivity index (χ0n) is 15.1. The summed E-state index contributed by atoms with van der Waals surface area (Å²) in [4.78, 5) is 19.0. The van der Waals surface area contributed by atoms with E-state index in [1.807, 2.05) is 12.1 Å². The number of rotatable bonds is 5. The van der Waals surface area contributed by atoms with Crippen molar-refractivity contribution in [1.29, 1.82) is 0 Å². The van der Waals surface area contributed by atoms with Gasteiger partial charge in [-0.3, -0.25) is 14.7 Å². The van der Waals surface area contributed by atoms with Crippen LogP contribution in [0.25, 0.3) is 11.3 Å². The number of likely N-dealkylation sites (tertiary alicyclic amines) is 1. The summed E-state index contributed by atoms with van der Waals surface area (Å²) in [5.74, 6) is 0.718. The molecule has 0 radical (unpaired) electrons. The molecule has 2 fully saturated rings. The third kappa shape index (κ3) is 4.02. The Labute approximate surface area is 153 Å². The quantitative estimate of drug-likeness (QED) is 0.824. The monoisotopic (exact) mass is 354 g/mol. The average Bonchev–Trinajstić information content (AvgIpc) is 3.12. The van der Waals surface area contributed by atoms with Gasteiger partial charge in [0.1, 0.15) is 0 Å². The third-order valence-electron chi connectivity index (χ3n) is 5.54. The molecule has 0 bridgehead atoms. The fraction of sp³-hybridized carbons (Fsp3) is 0.550. The van der Waals surface area contributed by atoms with E-state index in [1.165, 1.54) is 6.42 Å². The van der Waals surface area contributed by atoms with Gasteiger partial charge in [0.15, 0.2) is 0 Å². The number of ether oxygens (including phenoxy) is 1. The molecule has 2 aliphatic rings. The SMILES string of the molecule is O=c1ccc(-c2cccnc2)nn1CC1CCCN1CC1CCOCC1. The van der Waals surface area contributed by atoms with Gasteiger partial charge in [0.05, 0.1) is 12.2 Å². The Morgan fingerprint density at radius 3 is 2.81 bits per heavy atom. The highest BCUT2D eigenvalue weighted by molar-refractivity contribution is 5.56. The molecule has 138 valence electrons. The molecule has 0 saturated carbocycles. The second kappa shape index (κ2) is 8.10. The first kappa shape index (κ1) is 17.4. The lowest BCUT2D eigenvalue weighted by Crippen LogP contribution is -2.40. The minimum Gasteiger partial charge on any atom is -0.381 e. The van der Waals surface area contributed by atoms with Gasteiger partial charge in [-0.05, 0) is 56.3 Å². The van der Waals surface area contributed by atoms with Crippen LogP contribution in [0.15, 0.2) is 41.5 Å². The Balaban J connectivity index is 1.48. The van der Waals surface area contributed by atoms with Crippen LogP contribution in [0.3, 0.4) is 0 Å². The van der Waals surface area contributed by atoms with Crippen molar-refractivity contribution in [2.75, 3.05) is 26.3 Å². The van der Waals surface area contributed by atoms with E-state index in [2.05, 4.69) is 15.0 Å². The largest absolute Gasteiger partial charge is 0.381 e. The van der Waals surface area contributed by atoms with Gasteiger partial charge in [0, 0.05) is 49.8 Å². The number of hydrogen-bond donors (Lipinski definition) is 0. The summed E-state index contributed by atoms with van der Waals surface area (Å²) >= 11 is 0. The van der Waals surface area contributed by atoms with E-state index in [4.69, 9.17) is 4.74 Å². The van der Waals surface area contributed by atoms with Gasteiger partial charge in [0.25, 0.3) is 5.56 Å². The molecular formula is C20H26N4O2. The van der Waals surface area contributed by atoms with E-state index in [0.717, 1.165) is 62.7 Å². The predicted molar refractivity (Wildman–Crippen MR) is 99.9 cm³/mol. The topological polar surface area (TPSA) is 60.2 Å². The van der Waals surface area contributed by atoms with Crippen LogP contribution < -0.4 is 5.56 Å². The van der Waals surface area contributed by atoms with E-state index in [-0.39, 0.29) is 5.56 Å². The van der Waals surface area contributed by atoms with E-state index in [9.17, 15) is 4.79 Å². The lowest BCUT2D eigenvalue weighted by Gasteiger charge is -2.31. The molecule has 6 nitrogen and oxygen atoms in total. The van der Waals surface area contributed by atoms with Crippen LogP contribution in [0.2, 0.25) is 0 Å². The Morgan fingerprint density at radius 1 is 1.12 bits per heavy atom. The van der Waals surface area contributed by atoms with Crippen molar-refractivity contribution in [2.24, 2.45) is 5.92 Å². The molecule has 2 aromatic rings. The molecule has 0 N–H and O–H groups in total. The van der Waals surface area contributed by atoms with Crippen molar-refractivity contribution < 1.29 is 4.74 Å². The van der Waals surface area contributed by atoms with E-state index >= 15 is 0 Å². The second-order valence-corrected chi connectivity index (χ2v) is 7.33. The molecule has 0 aromatic carbocycles. The highest BCUT2D eigenvalue weighted by atomic mass is 16.5. The lowest BCUT2D eigenvalue weighted by molar-refractivity contribution is 0.0493. The maximum Gasteiger partial charge on any atom is 0.266 e. The number of aromatic nitrogens is 3. The Hall–Kier alpha value is -2.05. The number of nitrogens with zero attached hydrogens (tertiary/aromatic N) is 4. The highest BCUT2D eigenvalue weighted by Gasteiger charge is 2.28. The first-order valence-electron chi connectivity index (χ1n) is 9.60. The molecule has 4 rings (SSSR count). The van der Waals surface area contributed by atoms with E-state index in [0.29, 0.717) is 12.6 Å². The normalized spacial score (nSPS) is 21.9. The van der Waals surface area contributed by atoms with Crippen molar-refractivity contribution in [3.8, 4) is 11.3 Å². The van der Waals surface area contributed by atoms with Crippen molar-refractivity contribution in [1.82, 2.24) is 19.7 Å². The molecule has 0 amide bonds. The van der Waals surface area contributed by atoms with Gasteiger partial charge >= 0.3 is 0 Å². The summed E-state index contributed by atoms with van der Waals surface area (Å²) in [5.41, 5.74) is 1.70. The van der Waals surface area contributed by atoms with Crippen molar-refractivity contribution in [3.05, 3.63) is 47.0 Å². The minimum absolute atomic E-state index is 0.0319.